The first-order chi connectivity index (χ1) is 11.8. The van der Waals surface area contributed by atoms with Gasteiger partial charge in [0, 0.05) is 24.4 Å². The number of nitrogens with zero attached hydrogens (tertiary/aromatic N) is 3. The molecule has 0 aliphatic carbocycles. The molecule has 2 heterocycles. The standard InChI is InChI=1S/C18H21N5O2/c1-12-4-6-13(7-5-12)15-8-16(22-21-15)17(24)19-11-18(2,25)14-9-20-23(3)10-14/h4-10,25H,11H2,1-3H3,(H,19,24)(H,21,22)/t18-/m0/s1. The van der Waals surface area contributed by atoms with Crippen LogP contribution >= 0.6 is 0 Å². The van der Waals surface area contributed by atoms with Gasteiger partial charge in [-0.15, -0.1) is 0 Å². The van der Waals surface area contributed by atoms with Gasteiger partial charge in [-0.05, 0) is 19.9 Å². The van der Waals surface area contributed by atoms with Gasteiger partial charge < -0.3 is 10.4 Å². The maximum Gasteiger partial charge on any atom is 0.269 e. The number of aromatic amines is 1. The zero-order valence-electron chi connectivity index (χ0n) is 14.4. The van der Waals surface area contributed by atoms with Gasteiger partial charge in [-0.3, -0.25) is 14.6 Å². The SMILES string of the molecule is Cc1ccc(-c2cc(C(=O)NC[C@](C)(O)c3cnn(C)c3)[nH]n2)cc1. The molecule has 1 amide bonds. The summed E-state index contributed by atoms with van der Waals surface area (Å²) in [4.78, 5) is 12.3. The fraction of sp³-hybridized carbons (Fsp3) is 0.278. The Balaban J connectivity index is 1.67. The van der Waals surface area contributed by atoms with Gasteiger partial charge in [0.05, 0.1) is 18.4 Å². The molecule has 25 heavy (non-hydrogen) atoms. The van der Waals surface area contributed by atoms with E-state index in [9.17, 15) is 9.90 Å². The molecule has 130 valence electrons. The Morgan fingerprint density at radius 3 is 2.72 bits per heavy atom. The van der Waals surface area contributed by atoms with E-state index in [2.05, 4.69) is 20.6 Å². The molecule has 0 fully saturated rings. The summed E-state index contributed by atoms with van der Waals surface area (Å²) in [5.74, 6) is -0.324. The third-order valence-corrected chi connectivity index (χ3v) is 4.09. The molecule has 2 aromatic heterocycles. The Labute approximate surface area is 145 Å². The lowest BCUT2D eigenvalue weighted by molar-refractivity contribution is 0.0524. The molecule has 1 atom stereocenters. The minimum absolute atomic E-state index is 0.0659. The number of aromatic nitrogens is 4. The molecule has 0 aliphatic rings. The van der Waals surface area contributed by atoms with Crippen LogP contribution in [0.2, 0.25) is 0 Å². The topological polar surface area (TPSA) is 95.8 Å². The Kier molecular flexibility index (Phi) is 4.41. The molecule has 0 saturated carbocycles. The largest absolute Gasteiger partial charge is 0.383 e. The Bertz CT molecular complexity index is 877. The van der Waals surface area contributed by atoms with Crippen LogP contribution in [0.3, 0.4) is 0 Å². The number of hydrogen-bond acceptors (Lipinski definition) is 4. The van der Waals surface area contributed by atoms with Crippen molar-refractivity contribution in [2.24, 2.45) is 7.05 Å². The fourth-order valence-electron chi connectivity index (χ4n) is 2.46. The van der Waals surface area contributed by atoms with Gasteiger partial charge in [-0.25, -0.2) is 0 Å². The summed E-state index contributed by atoms with van der Waals surface area (Å²) >= 11 is 0. The maximum absolute atomic E-state index is 12.3. The van der Waals surface area contributed by atoms with Crippen molar-refractivity contribution >= 4 is 5.91 Å². The molecular formula is C18H21N5O2. The van der Waals surface area contributed by atoms with E-state index in [0.29, 0.717) is 17.0 Å². The smallest absolute Gasteiger partial charge is 0.269 e. The van der Waals surface area contributed by atoms with Crippen LogP contribution in [0.15, 0.2) is 42.7 Å². The third-order valence-electron chi connectivity index (χ3n) is 4.09. The van der Waals surface area contributed by atoms with Crippen molar-refractivity contribution in [3.05, 3.63) is 59.5 Å². The van der Waals surface area contributed by atoms with Crippen LogP contribution in [0.5, 0.6) is 0 Å². The summed E-state index contributed by atoms with van der Waals surface area (Å²) in [6, 6.07) is 9.60. The van der Waals surface area contributed by atoms with E-state index in [1.54, 1.807) is 37.1 Å². The van der Waals surface area contributed by atoms with E-state index in [4.69, 9.17) is 0 Å². The fourth-order valence-corrected chi connectivity index (χ4v) is 2.46. The highest BCUT2D eigenvalue weighted by molar-refractivity contribution is 5.93. The summed E-state index contributed by atoms with van der Waals surface area (Å²) in [7, 11) is 1.77. The first-order valence-corrected chi connectivity index (χ1v) is 7.97. The maximum atomic E-state index is 12.3. The van der Waals surface area contributed by atoms with E-state index in [0.717, 1.165) is 11.1 Å². The van der Waals surface area contributed by atoms with Crippen molar-refractivity contribution < 1.29 is 9.90 Å². The highest BCUT2D eigenvalue weighted by Crippen LogP contribution is 2.20. The Morgan fingerprint density at radius 2 is 2.08 bits per heavy atom. The monoisotopic (exact) mass is 339 g/mol. The first kappa shape index (κ1) is 16.9. The van der Waals surface area contributed by atoms with Crippen LogP contribution in [0.4, 0.5) is 0 Å². The molecule has 0 spiro atoms. The molecule has 0 radical (unpaired) electrons. The Hall–Kier alpha value is -2.93. The normalized spacial score (nSPS) is 13.4. The number of nitrogens with one attached hydrogen (secondary N) is 2. The van der Waals surface area contributed by atoms with Crippen LogP contribution in [-0.4, -0.2) is 37.5 Å². The molecule has 0 saturated heterocycles. The quantitative estimate of drug-likeness (QED) is 0.660. The van der Waals surface area contributed by atoms with Gasteiger partial charge in [-0.1, -0.05) is 29.8 Å². The van der Waals surface area contributed by atoms with Crippen molar-refractivity contribution in [2.75, 3.05) is 6.54 Å². The molecule has 7 heteroatoms. The Morgan fingerprint density at radius 1 is 1.36 bits per heavy atom. The number of aliphatic hydroxyl groups is 1. The third kappa shape index (κ3) is 3.77. The average Bonchev–Trinajstić information content (AvgIpc) is 3.23. The van der Waals surface area contributed by atoms with Gasteiger partial charge in [0.1, 0.15) is 11.3 Å². The lowest BCUT2D eigenvalue weighted by Gasteiger charge is -2.21. The van der Waals surface area contributed by atoms with Crippen molar-refractivity contribution in [1.29, 1.82) is 0 Å². The van der Waals surface area contributed by atoms with Crippen LogP contribution in [0, 0.1) is 6.92 Å². The summed E-state index contributed by atoms with van der Waals surface area (Å²) in [6.45, 7) is 3.72. The molecule has 1 aromatic carbocycles. The van der Waals surface area contributed by atoms with Crippen molar-refractivity contribution in [3.63, 3.8) is 0 Å². The van der Waals surface area contributed by atoms with Crippen molar-refractivity contribution in [3.8, 4) is 11.3 Å². The lowest BCUT2D eigenvalue weighted by Crippen LogP contribution is -2.38. The molecule has 3 rings (SSSR count). The molecule has 7 nitrogen and oxygen atoms in total. The van der Waals surface area contributed by atoms with Gasteiger partial charge in [-0.2, -0.15) is 10.2 Å². The molecule has 0 aliphatic heterocycles. The van der Waals surface area contributed by atoms with Crippen molar-refractivity contribution in [1.82, 2.24) is 25.3 Å². The van der Waals surface area contributed by atoms with Crippen LogP contribution in [0.1, 0.15) is 28.5 Å². The van der Waals surface area contributed by atoms with Crippen LogP contribution in [-0.2, 0) is 12.6 Å². The average molecular weight is 339 g/mol. The second-order valence-electron chi connectivity index (χ2n) is 6.39. The number of rotatable bonds is 5. The minimum Gasteiger partial charge on any atom is -0.383 e. The summed E-state index contributed by atoms with van der Waals surface area (Å²) < 4.78 is 1.61. The zero-order valence-corrected chi connectivity index (χ0v) is 14.4. The predicted molar refractivity (Wildman–Crippen MR) is 93.9 cm³/mol. The number of aryl methyl sites for hydroxylation is 2. The summed E-state index contributed by atoms with van der Waals surface area (Å²) in [6.07, 6.45) is 3.30. The van der Waals surface area contributed by atoms with Gasteiger partial charge in [0.2, 0.25) is 0 Å². The van der Waals surface area contributed by atoms with E-state index >= 15 is 0 Å². The van der Waals surface area contributed by atoms with Gasteiger partial charge in [0.25, 0.3) is 5.91 Å². The molecule has 0 bridgehead atoms. The number of carbonyl (C=O) groups excluding carboxylic acids is 1. The molecule has 3 aromatic rings. The second-order valence-corrected chi connectivity index (χ2v) is 6.39. The van der Waals surface area contributed by atoms with E-state index in [-0.39, 0.29) is 12.5 Å². The minimum atomic E-state index is -1.20. The number of H-pyrrole nitrogens is 1. The highest BCUT2D eigenvalue weighted by Gasteiger charge is 2.26. The van der Waals surface area contributed by atoms with E-state index < -0.39 is 5.60 Å². The van der Waals surface area contributed by atoms with E-state index in [1.807, 2.05) is 31.2 Å². The first-order valence-electron chi connectivity index (χ1n) is 7.97. The van der Waals surface area contributed by atoms with Crippen LogP contribution < -0.4 is 5.32 Å². The molecule has 0 unspecified atom stereocenters. The number of amides is 1. The number of carbonyl (C=O) groups is 1. The lowest BCUT2D eigenvalue weighted by atomic mass is 10.00. The van der Waals surface area contributed by atoms with Gasteiger partial charge in [0.15, 0.2) is 0 Å². The van der Waals surface area contributed by atoms with E-state index in [1.165, 1.54) is 0 Å². The van der Waals surface area contributed by atoms with Crippen LogP contribution in [0.25, 0.3) is 11.3 Å². The molecule has 3 N–H and O–H groups in total. The van der Waals surface area contributed by atoms with Crippen molar-refractivity contribution in [2.45, 2.75) is 19.4 Å². The number of benzene rings is 1. The zero-order chi connectivity index (χ0) is 18.0. The van der Waals surface area contributed by atoms with Gasteiger partial charge >= 0.3 is 0 Å². The highest BCUT2D eigenvalue weighted by atomic mass is 16.3. The number of hydrogen-bond donors (Lipinski definition) is 3. The molecular weight excluding hydrogens is 318 g/mol. The second kappa shape index (κ2) is 6.52. The summed E-state index contributed by atoms with van der Waals surface area (Å²) in [5.41, 5.74) is 2.57. The summed E-state index contributed by atoms with van der Waals surface area (Å²) in [5, 5.41) is 24.2. The predicted octanol–water partition coefficient (Wildman–Crippen LogP) is 1.76.